The molecule has 4 rings (SSSR count). The van der Waals surface area contributed by atoms with Crippen molar-refractivity contribution in [2.24, 2.45) is 0 Å². The number of furan rings is 1. The fraction of sp³-hybridized carbons (Fsp3) is 0.238. The van der Waals surface area contributed by atoms with E-state index in [4.69, 9.17) is 18.0 Å². The van der Waals surface area contributed by atoms with Crippen LogP contribution in [0.25, 0.3) is 22.6 Å². The fourth-order valence-electron chi connectivity index (χ4n) is 3.00. The molecule has 1 aromatic carbocycles. The Labute approximate surface area is 155 Å². The number of fused-ring (bicyclic) bond motifs is 1. The first-order chi connectivity index (χ1) is 13.1. The highest BCUT2D eigenvalue weighted by atomic mass is 16.5. The van der Waals surface area contributed by atoms with Gasteiger partial charge in [-0.05, 0) is 43.2 Å². The van der Waals surface area contributed by atoms with Crippen molar-refractivity contribution in [3.05, 3.63) is 70.1 Å². The molecule has 0 amide bonds. The lowest BCUT2D eigenvalue weighted by atomic mass is 10.1. The van der Waals surface area contributed by atoms with E-state index in [0.717, 1.165) is 23.8 Å². The van der Waals surface area contributed by atoms with Crippen LogP contribution in [0.1, 0.15) is 30.4 Å². The van der Waals surface area contributed by atoms with Crippen LogP contribution in [0.2, 0.25) is 0 Å². The highest BCUT2D eigenvalue weighted by Gasteiger charge is 2.14. The minimum Gasteiger partial charge on any atom is -0.487 e. The lowest BCUT2D eigenvalue weighted by Crippen LogP contribution is -2.01. The summed E-state index contributed by atoms with van der Waals surface area (Å²) in [5.41, 5.74) is 1.85. The molecule has 3 heterocycles. The molecule has 27 heavy (non-hydrogen) atoms. The van der Waals surface area contributed by atoms with Crippen molar-refractivity contribution in [1.29, 1.82) is 0 Å². The maximum atomic E-state index is 11.8. The second kappa shape index (κ2) is 7.15. The standard InChI is InChI=1S/C21H19NO5/c1-3-5-14-10-20(23)27-19-11-15(7-8-16(14)19)25-12-17-13(2)26-21(22-17)18-6-4-9-24-18/h4,6-11H,3,5,12H2,1-2H3. The van der Waals surface area contributed by atoms with Gasteiger partial charge in [0.05, 0.1) is 6.26 Å². The number of oxazole rings is 1. The van der Waals surface area contributed by atoms with Crippen LogP contribution < -0.4 is 10.4 Å². The van der Waals surface area contributed by atoms with E-state index < -0.39 is 0 Å². The summed E-state index contributed by atoms with van der Waals surface area (Å²) in [6.07, 6.45) is 3.36. The maximum absolute atomic E-state index is 11.8. The number of ether oxygens (including phenoxy) is 1. The van der Waals surface area contributed by atoms with Crippen molar-refractivity contribution in [3.8, 4) is 17.4 Å². The highest BCUT2D eigenvalue weighted by Crippen LogP contribution is 2.26. The van der Waals surface area contributed by atoms with E-state index in [-0.39, 0.29) is 12.2 Å². The van der Waals surface area contributed by atoms with Crippen molar-refractivity contribution in [3.63, 3.8) is 0 Å². The molecule has 138 valence electrons. The number of benzene rings is 1. The maximum Gasteiger partial charge on any atom is 0.336 e. The normalized spacial score (nSPS) is 11.2. The third-order valence-corrected chi connectivity index (χ3v) is 4.32. The van der Waals surface area contributed by atoms with Crippen molar-refractivity contribution in [2.75, 3.05) is 0 Å². The Kier molecular flexibility index (Phi) is 4.54. The predicted octanol–water partition coefficient (Wildman–Crippen LogP) is 4.88. The predicted molar refractivity (Wildman–Crippen MR) is 99.8 cm³/mol. The minimum absolute atomic E-state index is 0.237. The summed E-state index contributed by atoms with van der Waals surface area (Å²) in [5.74, 6) is 2.25. The molecule has 0 atom stereocenters. The summed E-state index contributed by atoms with van der Waals surface area (Å²) in [5, 5.41) is 0.932. The Bertz CT molecular complexity index is 1120. The second-order valence-corrected chi connectivity index (χ2v) is 6.29. The third-order valence-electron chi connectivity index (χ3n) is 4.32. The van der Waals surface area contributed by atoms with Crippen LogP contribution in [0.4, 0.5) is 0 Å². The first-order valence-corrected chi connectivity index (χ1v) is 8.84. The number of aromatic nitrogens is 1. The molecule has 0 unspecified atom stereocenters. The van der Waals surface area contributed by atoms with E-state index in [2.05, 4.69) is 11.9 Å². The Morgan fingerprint density at radius 3 is 2.81 bits per heavy atom. The van der Waals surface area contributed by atoms with Gasteiger partial charge >= 0.3 is 5.63 Å². The smallest absolute Gasteiger partial charge is 0.336 e. The van der Waals surface area contributed by atoms with Crippen molar-refractivity contribution < 1.29 is 18.0 Å². The molecule has 0 saturated heterocycles. The molecular weight excluding hydrogens is 346 g/mol. The highest BCUT2D eigenvalue weighted by molar-refractivity contribution is 5.81. The Hall–Kier alpha value is -3.28. The molecule has 6 heteroatoms. The van der Waals surface area contributed by atoms with Crippen LogP contribution in [0.3, 0.4) is 0 Å². The zero-order chi connectivity index (χ0) is 18.8. The van der Waals surface area contributed by atoms with Gasteiger partial charge < -0.3 is 18.0 Å². The molecule has 0 fully saturated rings. The number of nitrogens with zero attached hydrogens (tertiary/aromatic N) is 1. The third kappa shape index (κ3) is 3.51. The van der Waals surface area contributed by atoms with E-state index in [1.165, 1.54) is 0 Å². The molecule has 4 aromatic rings. The van der Waals surface area contributed by atoms with Crippen molar-refractivity contribution in [2.45, 2.75) is 33.3 Å². The molecule has 6 nitrogen and oxygen atoms in total. The number of hydrogen-bond donors (Lipinski definition) is 0. The van der Waals surface area contributed by atoms with Crippen LogP contribution in [0, 0.1) is 6.92 Å². The van der Waals surface area contributed by atoms with Crippen LogP contribution in [0.15, 0.2) is 60.7 Å². The summed E-state index contributed by atoms with van der Waals surface area (Å²) in [4.78, 5) is 16.2. The van der Waals surface area contributed by atoms with Gasteiger partial charge in [-0.1, -0.05) is 13.3 Å². The average Bonchev–Trinajstić information content (AvgIpc) is 3.29. The van der Waals surface area contributed by atoms with Crippen LogP contribution >= 0.6 is 0 Å². The second-order valence-electron chi connectivity index (χ2n) is 6.29. The molecule has 0 spiro atoms. The average molecular weight is 365 g/mol. The molecule has 0 saturated carbocycles. The van der Waals surface area contributed by atoms with Gasteiger partial charge in [0.15, 0.2) is 5.76 Å². The van der Waals surface area contributed by atoms with E-state index in [1.807, 2.05) is 19.1 Å². The summed E-state index contributed by atoms with van der Waals surface area (Å²) < 4.78 is 22.1. The Morgan fingerprint density at radius 1 is 1.15 bits per heavy atom. The van der Waals surface area contributed by atoms with Crippen LogP contribution in [0.5, 0.6) is 5.75 Å². The largest absolute Gasteiger partial charge is 0.487 e. The van der Waals surface area contributed by atoms with Gasteiger partial charge in [-0.3, -0.25) is 0 Å². The van der Waals surface area contributed by atoms with Gasteiger partial charge in [0.2, 0.25) is 0 Å². The van der Waals surface area contributed by atoms with Gasteiger partial charge in [-0.15, -0.1) is 0 Å². The minimum atomic E-state index is -0.349. The number of hydrogen-bond acceptors (Lipinski definition) is 6. The quantitative estimate of drug-likeness (QED) is 0.453. The summed E-state index contributed by atoms with van der Waals surface area (Å²) >= 11 is 0. The summed E-state index contributed by atoms with van der Waals surface area (Å²) in [6.45, 7) is 4.14. The molecule has 0 bridgehead atoms. The van der Waals surface area contributed by atoms with Gasteiger partial charge in [0, 0.05) is 17.5 Å². The first-order valence-electron chi connectivity index (χ1n) is 8.84. The molecule has 0 radical (unpaired) electrons. The van der Waals surface area contributed by atoms with Gasteiger partial charge in [0.25, 0.3) is 5.89 Å². The van der Waals surface area contributed by atoms with E-state index in [1.54, 1.807) is 30.5 Å². The molecule has 3 aromatic heterocycles. The van der Waals surface area contributed by atoms with Gasteiger partial charge in [-0.25, -0.2) is 9.78 Å². The Balaban J connectivity index is 1.57. The van der Waals surface area contributed by atoms with Gasteiger partial charge in [-0.2, -0.15) is 0 Å². The lowest BCUT2D eigenvalue weighted by Gasteiger charge is -2.08. The van der Waals surface area contributed by atoms with E-state index in [0.29, 0.717) is 34.4 Å². The van der Waals surface area contributed by atoms with Crippen molar-refractivity contribution >= 4 is 11.0 Å². The molecule has 0 N–H and O–H groups in total. The van der Waals surface area contributed by atoms with Crippen LogP contribution in [-0.4, -0.2) is 4.98 Å². The molecule has 0 aliphatic rings. The van der Waals surface area contributed by atoms with E-state index >= 15 is 0 Å². The Morgan fingerprint density at radius 2 is 2.04 bits per heavy atom. The lowest BCUT2D eigenvalue weighted by molar-refractivity contribution is 0.299. The van der Waals surface area contributed by atoms with Crippen molar-refractivity contribution in [1.82, 2.24) is 4.98 Å². The van der Waals surface area contributed by atoms with Crippen LogP contribution in [-0.2, 0) is 13.0 Å². The fourth-order valence-corrected chi connectivity index (χ4v) is 3.00. The topological polar surface area (TPSA) is 78.6 Å². The molecule has 0 aliphatic heterocycles. The summed E-state index contributed by atoms with van der Waals surface area (Å²) in [7, 11) is 0. The number of aryl methyl sites for hydroxylation is 2. The first kappa shape index (κ1) is 17.1. The zero-order valence-electron chi connectivity index (χ0n) is 15.2. The van der Waals surface area contributed by atoms with Gasteiger partial charge in [0.1, 0.15) is 29.4 Å². The SMILES string of the molecule is CCCc1cc(=O)oc2cc(OCc3nc(-c4ccco4)oc3C)ccc12. The monoisotopic (exact) mass is 365 g/mol. The molecule has 0 aliphatic carbocycles. The zero-order valence-corrected chi connectivity index (χ0v) is 15.2. The molecular formula is C21H19NO5. The van der Waals surface area contributed by atoms with E-state index in [9.17, 15) is 4.79 Å². The number of rotatable bonds is 6. The summed E-state index contributed by atoms with van der Waals surface area (Å²) in [6, 6.07) is 10.6.